The molecule has 1 amide bonds. The van der Waals surface area contributed by atoms with Crippen LogP contribution in [0, 0.1) is 0 Å². The Bertz CT molecular complexity index is 262. The third kappa shape index (κ3) is 1.93. The predicted molar refractivity (Wildman–Crippen MR) is 56.5 cm³/mol. The van der Waals surface area contributed by atoms with Crippen molar-refractivity contribution in [1.29, 1.82) is 0 Å². The van der Waals surface area contributed by atoms with E-state index in [0.717, 1.165) is 31.3 Å². The van der Waals surface area contributed by atoms with Gasteiger partial charge in [0.15, 0.2) is 5.17 Å². The first-order valence-electron chi connectivity index (χ1n) is 4.90. The third-order valence-electron chi connectivity index (χ3n) is 2.48. The number of carbonyl (C=O) groups excluding carboxylic acids is 1. The van der Waals surface area contributed by atoms with Crippen LogP contribution in [0.4, 0.5) is 0 Å². The standard InChI is InChI=1S/C9H14N2O2S/c1-2-11(7-3-4-13-5-7)9-10-8(12)6-14-9/h7H,2-6H2,1H3. The molecule has 0 radical (unpaired) electrons. The quantitative estimate of drug-likeness (QED) is 0.679. The fourth-order valence-corrected chi connectivity index (χ4v) is 2.69. The lowest BCUT2D eigenvalue weighted by atomic mass is 10.2. The van der Waals surface area contributed by atoms with Crippen LogP contribution in [-0.4, -0.2) is 47.5 Å². The lowest BCUT2D eigenvalue weighted by molar-refractivity contribution is -0.115. The molecule has 2 aliphatic heterocycles. The van der Waals surface area contributed by atoms with Crippen molar-refractivity contribution in [1.82, 2.24) is 4.90 Å². The van der Waals surface area contributed by atoms with Crippen LogP contribution in [-0.2, 0) is 9.53 Å². The number of thioether (sulfide) groups is 1. The number of likely N-dealkylation sites (N-methyl/N-ethyl adjacent to an activating group) is 1. The molecule has 0 N–H and O–H groups in total. The number of amidine groups is 1. The Morgan fingerprint density at radius 2 is 2.57 bits per heavy atom. The van der Waals surface area contributed by atoms with Crippen LogP contribution in [0.3, 0.4) is 0 Å². The van der Waals surface area contributed by atoms with Crippen molar-refractivity contribution in [2.24, 2.45) is 4.99 Å². The summed E-state index contributed by atoms with van der Waals surface area (Å²) in [6, 6.07) is 0.414. The van der Waals surface area contributed by atoms with Gasteiger partial charge in [-0.15, -0.1) is 0 Å². The predicted octanol–water partition coefficient (Wildman–Crippen LogP) is 0.727. The van der Waals surface area contributed by atoms with Crippen molar-refractivity contribution >= 4 is 22.8 Å². The van der Waals surface area contributed by atoms with E-state index in [-0.39, 0.29) is 5.91 Å². The molecule has 0 bridgehead atoms. The van der Waals surface area contributed by atoms with Gasteiger partial charge in [0.05, 0.1) is 18.4 Å². The number of amides is 1. The lowest BCUT2D eigenvalue weighted by Crippen LogP contribution is -2.38. The minimum Gasteiger partial charge on any atom is -0.379 e. The molecule has 2 heterocycles. The molecule has 1 saturated heterocycles. The number of nitrogens with zero attached hydrogens (tertiary/aromatic N) is 2. The SMILES string of the molecule is CCN(C1=NC(=O)CS1)C1CCOC1. The molecule has 1 fully saturated rings. The summed E-state index contributed by atoms with van der Waals surface area (Å²) in [7, 11) is 0. The highest BCUT2D eigenvalue weighted by Gasteiger charge is 2.28. The van der Waals surface area contributed by atoms with Crippen molar-refractivity contribution in [3.05, 3.63) is 0 Å². The van der Waals surface area contributed by atoms with Gasteiger partial charge < -0.3 is 9.64 Å². The van der Waals surface area contributed by atoms with Crippen LogP contribution in [0.25, 0.3) is 0 Å². The van der Waals surface area contributed by atoms with Crippen molar-refractivity contribution in [2.45, 2.75) is 19.4 Å². The smallest absolute Gasteiger partial charge is 0.258 e. The number of hydrogen-bond acceptors (Lipinski definition) is 4. The zero-order valence-corrected chi connectivity index (χ0v) is 9.05. The van der Waals surface area contributed by atoms with Crippen LogP contribution in [0.1, 0.15) is 13.3 Å². The van der Waals surface area contributed by atoms with Crippen LogP contribution < -0.4 is 0 Å². The molecule has 1 atom stereocenters. The van der Waals surface area contributed by atoms with E-state index in [9.17, 15) is 4.79 Å². The average Bonchev–Trinajstić information content (AvgIpc) is 2.79. The van der Waals surface area contributed by atoms with Crippen molar-refractivity contribution in [2.75, 3.05) is 25.5 Å². The highest BCUT2D eigenvalue weighted by Crippen LogP contribution is 2.21. The number of rotatable bonds is 2. The van der Waals surface area contributed by atoms with E-state index in [4.69, 9.17) is 4.74 Å². The van der Waals surface area contributed by atoms with Gasteiger partial charge in [-0.2, -0.15) is 4.99 Å². The Labute approximate surface area is 87.7 Å². The van der Waals surface area contributed by atoms with E-state index in [1.54, 1.807) is 11.8 Å². The van der Waals surface area contributed by atoms with Crippen molar-refractivity contribution < 1.29 is 9.53 Å². The van der Waals surface area contributed by atoms with Gasteiger partial charge in [-0.05, 0) is 13.3 Å². The highest BCUT2D eigenvalue weighted by atomic mass is 32.2. The first kappa shape index (κ1) is 9.98. The van der Waals surface area contributed by atoms with Crippen LogP contribution >= 0.6 is 11.8 Å². The van der Waals surface area contributed by atoms with E-state index in [2.05, 4.69) is 16.8 Å². The van der Waals surface area contributed by atoms with Crippen molar-refractivity contribution in [3.8, 4) is 0 Å². The summed E-state index contributed by atoms with van der Waals surface area (Å²) in [4.78, 5) is 17.2. The fraction of sp³-hybridized carbons (Fsp3) is 0.778. The first-order valence-corrected chi connectivity index (χ1v) is 5.88. The maximum Gasteiger partial charge on any atom is 0.258 e. The van der Waals surface area contributed by atoms with Gasteiger partial charge in [0.25, 0.3) is 5.91 Å². The van der Waals surface area contributed by atoms with E-state index >= 15 is 0 Å². The summed E-state index contributed by atoms with van der Waals surface area (Å²) >= 11 is 1.54. The molecule has 78 valence electrons. The molecule has 4 nitrogen and oxygen atoms in total. The molecule has 1 unspecified atom stereocenters. The maximum atomic E-state index is 11.0. The zero-order valence-electron chi connectivity index (χ0n) is 8.23. The van der Waals surface area contributed by atoms with E-state index in [0.29, 0.717) is 11.8 Å². The molecule has 5 heteroatoms. The molecular weight excluding hydrogens is 200 g/mol. The van der Waals surface area contributed by atoms with Gasteiger partial charge in [0.1, 0.15) is 0 Å². The summed E-state index contributed by atoms with van der Waals surface area (Å²) in [5.74, 6) is 0.488. The largest absolute Gasteiger partial charge is 0.379 e. The number of aliphatic imine (C=N–C) groups is 1. The molecule has 0 aromatic rings. The summed E-state index contributed by atoms with van der Waals surface area (Å²) in [6.45, 7) is 4.58. The Balaban J connectivity index is 2.05. The number of hydrogen-bond donors (Lipinski definition) is 0. The average molecular weight is 214 g/mol. The molecule has 2 rings (SSSR count). The van der Waals surface area contributed by atoms with Gasteiger partial charge in [-0.25, -0.2) is 0 Å². The maximum absolute atomic E-state index is 11.0. The molecule has 2 aliphatic rings. The monoisotopic (exact) mass is 214 g/mol. The topological polar surface area (TPSA) is 41.9 Å². The summed E-state index contributed by atoms with van der Waals surface area (Å²) < 4.78 is 5.34. The summed E-state index contributed by atoms with van der Waals surface area (Å²) in [5.41, 5.74) is 0. The first-order chi connectivity index (χ1) is 6.81. The second kappa shape index (κ2) is 4.31. The van der Waals surface area contributed by atoms with Gasteiger partial charge in [0, 0.05) is 13.2 Å². The second-order valence-corrected chi connectivity index (χ2v) is 4.32. The molecule has 14 heavy (non-hydrogen) atoms. The number of ether oxygens (including phenoxy) is 1. The third-order valence-corrected chi connectivity index (χ3v) is 3.45. The molecule has 0 aromatic heterocycles. The minimum absolute atomic E-state index is 0.0117. The van der Waals surface area contributed by atoms with E-state index < -0.39 is 0 Å². The Morgan fingerprint density at radius 3 is 3.07 bits per heavy atom. The Kier molecular flexibility index (Phi) is 3.08. The second-order valence-electron chi connectivity index (χ2n) is 3.38. The fourth-order valence-electron chi connectivity index (χ4n) is 1.76. The van der Waals surface area contributed by atoms with Crippen molar-refractivity contribution in [3.63, 3.8) is 0 Å². The molecule has 0 aliphatic carbocycles. The summed E-state index contributed by atoms with van der Waals surface area (Å²) in [5, 5.41) is 0.882. The zero-order chi connectivity index (χ0) is 9.97. The molecule has 0 aromatic carbocycles. The normalized spacial score (nSPS) is 26.8. The van der Waals surface area contributed by atoms with Crippen LogP contribution in [0.5, 0.6) is 0 Å². The summed E-state index contributed by atoms with van der Waals surface area (Å²) in [6.07, 6.45) is 1.04. The van der Waals surface area contributed by atoms with Gasteiger partial charge in [-0.3, -0.25) is 4.79 Å². The molecule has 0 saturated carbocycles. The minimum atomic E-state index is -0.0117. The van der Waals surface area contributed by atoms with E-state index in [1.807, 2.05) is 0 Å². The van der Waals surface area contributed by atoms with Gasteiger partial charge in [-0.1, -0.05) is 11.8 Å². The van der Waals surface area contributed by atoms with Gasteiger partial charge in [0.2, 0.25) is 0 Å². The Hall–Kier alpha value is -0.550. The highest BCUT2D eigenvalue weighted by molar-refractivity contribution is 8.14. The van der Waals surface area contributed by atoms with Crippen LogP contribution in [0.2, 0.25) is 0 Å². The lowest BCUT2D eigenvalue weighted by Gasteiger charge is -2.27. The van der Waals surface area contributed by atoms with Crippen LogP contribution in [0.15, 0.2) is 4.99 Å². The molecular formula is C9H14N2O2S. The van der Waals surface area contributed by atoms with E-state index in [1.165, 1.54) is 0 Å². The van der Waals surface area contributed by atoms with Gasteiger partial charge >= 0.3 is 0 Å². The Morgan fingerprint density at radius 1 is 1.71 bits per heavy atom. The number of carbonyl (C=O) groups is 1. The molecule has 0 spiro atoms.